The number of carbonyl (C=O) groups is 1. The van der Waals surface area contributed by atoms with E-state index in [1.807, 2.05) is 54.6 Å². The Hall–Kier alpha value is -2.61. The summed E-state index contributed by atoms with van der Waals surface area (Å²) in [6.45, 7) is 8.87. The molecule has 2 aromatic carbocycles. The van der Waals surface area contributed by atoms with Gasteiger partial charge in [-0.15, -0.1) is 0 Å². The van der Waals surface area contributed by atoms with E-state index in [4.69, 9.17) is 0 Å². The van der Waals surface area contributed by atoms with Crippen LogP contribution >= 0.6 is 0 Å². The van der Waals surface area contributed by atoms with Crippen molar-refractivity contribution in [2.75, 3.05) is 7.11 Å². The van der Waals surface area contributed by atoms with Gasteiger partial charge >= 0.3 is 5.97 Å². The van der Waals surface area contributed by atoms with E-state index < -0.39 is 5.97 Å². The first kappa shape index (κ1) is 18.4. The van der Waals surface area contributed by atoms with Crippen molar-refractivity contribution in [3.63, 3.8) is 0 Å². The fraction of sp³-hybridized carbons (Fsp3) is 0.105. The number of aryl methyl sites for hydroxylation is 1. The Labute approximate surface area is 127 Å². The molecule has 0 aliphatic carbocycles. The zero-order valence-electron chi connectivity index (χ0n) is 12.7. The number of rotatable bonds is 2. The number of hydrogen-bond donors (Lipinski definition) is 0. The average molecular weight is 282 g/mol. The molecule has 0 spiro atoms. The van der Waals surface area contributed by atoms with Crippen molar-refractivity contribution in [3.8, 4) is 0 Å². The van der Waals surface area contributed by atoms with Crippen LogP contribution in [0, 0.1) is 6.92 Å². The molecule has 0 aliphatic rings. The van der Waals surface area contributed by atoms with E-state index in [9.17, 15) is 4.79 Å². The van der Waals surface area contributed by atoms with E-state index in [1.165, 1.54) is 18.2 Å². The van der Waals surface area contributed by atoms with Crippen molar-refractivity contribution in [1.82, 2.24) is 0 Å². The van der Waals surface area contributed by atoms with Gasteiger partial charge in [0.15, 0.2) is 0 Å². The van der Waals surface area contributed by atoms with E-state index in [-0.39, 0.29) is 0 Å². The fourth-order valence-corrected chi connectivity index (χ4v) is 1.21. The second-order valence-corrected chi connectivity index (χ2v) is 4.00. The predicted octanol–water partition coefficient (Wildman–Crippen LogP) is 4.67. The molecule has 110 valence electrons. The van der Waals surface area contributed by atoms with Crippen molar-refractivity contribution in [2.45, 2.75) is 6.92 Å². The summed E-state index contributed by atoms with van der Waals surface area (Å²) >= 11 is 0. The van der Waals surface area contributed by atoms with Crippen LogP contribution < -0.4 is 0 Å². The monoisotopic (exact) mass is 282 g/mol. The van der Waals surface area contributed by atoms with E-state index in [0.29, 0.717) is 0 Å². The highest BCUT2D eigenvalue weighted by Gasteiger charge is 1.82. The van der Waals surface area contributed by atoms with Gasteiger partial charge in [0.05, 0.1) is 7.11 Å². The van der Waals surface area contributed by atoms with Crippen molar-refractivity contribution in [2.24, 2.45) is 0 Å². The van der Waals surface area contributed by atoms with Gasteiger partial charge in [-0.25, -0.2) is 4.79 Å². The van der Waals surface area contributed by atoms with Crippen LogP contribution in [0.15, 0.2) is 79.9 Å². The number of benzene rings is 2. The Morgan fingerprint density at radius 3 is 1.62 bits per heavy atom. The lowest BCUT2D eigenvalue weighted by atomic mass is 10.2. The van der Waals surface area contributed by atoms with Crippen LogP contribution in [0.2, 0.25) is 0 Å². The summed E-state index contributed by atoms with van der Waals surface area (Å²) < 4.78 is 4.14. The largest absolute Gasteiger partial charge is 0.466 e. The first-order chi connectivity index (χ1) is 10.1. The minimum Gasteiger partial charge on any atom is -0.466 e. The highest BCUT2D eigenvalue weighted by molar-refractivity contribution is 5.80. The number of methoxy groups -OCH3 is 1. The van der Waals surface area contributed by atoms with E-state index >= 15 is 0 Å². The Bertz CT molecular complexity index is 516. The predicted molar refractivity (Wildman–Crippen MR) is 89.9 cm³/mol. The summed E-state index contributed by atoms with van der Waals surface area (Å²) in [4.78, 5) is 9.84. The summed E-state index contributed by atoms with van der Waals surface area (Å²) in [5, 5.41) is 0. The molecule has 0 saturated carbocycles. The highest BCUT2D eigenvalue weighted by atomic mass is 16.5. The molecule has 0 amide bonds. The summed E-state index contributed by atoms with van der Waals surface area (Å²) in [6.07, 6.45) is 2.94. The lowest BCUT2D eigenvalue weighted by Crippen LogP contribution is -1.91. The molecule has 2 nitrogen and oxygen atoms in total. The van der Waals surface area contributed by atoms with Gasteiger partial charge < -0.3 is 4.74 Å². The third-order valence-corrected chi connectivity index (χ3v) is 2.34. The Morgan fingerprint density at radius 2 is 1.43 bits per heavy atom. The van der Waals surface area contributed by atoms with Gasteiger partial charge in [-0.1, -0.05) is 85.5 Å². The summed E-state index contributed by atoms with van der Waals surface area (Å²) in [5.41, 5.74) is 2.50. The molecule has 0 radical (unpaired) electrons. The van der Waals surface area contributed by atoms with Gasteiger partial charge in [-0.2, -0.15) is 0 Å². The Morgan fingerprint density at radius 1 is 0.952 bits per heavy atom. The van der Waals surface area contributed by atoms with Crippen molar-refractivity contribution >= 4 is 12.0 Å². The molecule has 0 aliphatic heterocycles. The van der Waals surface area contributed by atoms with Gasteiger partial charge in [-0.05, 0) is 12.5 Å². The van der Waals surface area contributed by atoms with Crippen LogP contribution in [0.4, 0.5) is 0 Å². The number of ether oxygens (including phenoxy) is 1. The summed E-state index contributed by atoms with van der Waals surface area (Å²) in [5.74, 6) is -0.394. The third kappa shape index (κ3) is 11.0. The smallest absolute Gasteiger partial charge is 0.329 e. The summed E-state index contributed by atoms with van der Waals surface area (Å²) in [6, 6.07) is 20.3. The number of carbonyl (C=O) groups excluding carboxylic acids is 1. The van der Waals surface area contributed by atoms with Crippen molar-refractivity contribution < 1.29 is 9.53 Å². The molecule has 0 atom stereocenters. The third-order valence-electron chi connectivity index (χ3n) is 2.34. The zero-order chi connectivity index (χ0) is 15.9. The molecule has 0 unspecified atom stereocenters. The number of hydrogen-bond acceptors (Lipinski definition) is 2. The van der Waals surface area contributed by atoms with E-state index in [1.54, 1.807) is 0 Å². The SMILES string of the molecule is C=CC(=O)OC.C=Cc1ccccc1.Cc1ccccc1. The second-order valence-electron chi connectivity index (χ2n) is 4.00. The van der Waals surface area contributed by atoms with Gasteiger partial charge in [0.1, 0.15) is 0 Å². The molecule has 2 aromatic rings. The summed E-state index contributed by atoms with van der Waals surface area (Å²) in [7, 11) is 1.31. The molecule has 2 heteroatoms. The van der Waals surface area contributed by atoms with Crippen LogP contribution in [0.5, 0.6) is 0 Å². The lowest BCUT2D eigenvalue weighted by molar-refractivity contribution is -0.134. The van der Waals surface area contributed by atoms with Crippen molar-refractivity contribution in [1.29, 1.82) is 0 Å². The highest BCUT2D eigenvalue weighted by Crippen LogP contribution is 1.97. The van der Waals surface area contributed by atoms with E-state index in [0.717, 1.165) is 6.08 Å². The second kappa shape index (κ2) is 12.4. The van der Waals surface area contributed by atoms with Gasteiger partial charge in [-0.3, -0.25) is 0 Å². The fourth-order valence-electron chi connectivity index (χ4n) is 1.21. The molecule has 0 bridgehead atoms. The Balaban J connectivity index is 0.000000290. The van der Waals surface area contributed by atoms with Crippen LogP contribution in [0.1, 0.15) is 11.1 Å². The molecular weight excluding hydrogens is 260 g/mol. The minimum absolute atomic E-state index is 0.394. The van der Waals surface area contributed by atoms with Gasteiger partial charge in [0, 0.05) is 6.08 Å². The molecule has 0 heterocycles. The standard InChI is InChI=1S/C8H8.C7H8.C4H6O2/c1-2-8-6-4-3-5-7-8;1-7-5-3-2-4-6-7;1-3-4(5)6-2/h2-7H,1H2;2-6H,1H3;3H,1H2,2H3. The van der Waals surface area contributed by atoms with Gasteiger partial charge in [0.25, 0.3) is 0 Å². The van der Waals surface area contributed by atoms with Gasteiger partial charge in [0.2, 0.25) is 0 Å². The minimum atomic E-state index is -0.394. The molecule has 0 aromatic heterocycles. The molecule has 21 heavy (non-hydrogen) atoms. The zero-order valence-corrected chi connectivity index (χ0v) is 12.7. The maximum Gasteiger partial charge on any atom is 0.329 e. The van der Waals surface area contributed by atoms with Crippen LogP contribution in [-0.4, -0.2) is 13.1 Å². The van der Waals surface area contributed by atoms with E-state index in [2.05, 4.69) is 37.0 Å². The van der Waals surface area contributed by atoms with Crippen molar-refractivity contribution in [3.05, 3.63) is 91.0 Å². The first-order valence-electron chi connectivity index (χ1n) is 6.53. The maximum atomic E-state index is 9.84. The van der Waals surface area contributed by atoms with Crippen LogP contribution in [-0.2, 0) is 9.53 Å². The number of esters is 1. The molecule has 0 fully saturated rings. The maximum absolute atomic E-state index is 9.84. The normalized spacial score (nSPS) is 8.10. The quantitative estimate of drug-likeness (QED) is 0.591. The first-order valence-corrected chi connectivity index (χ1v) is 6.53. The average Bonchev–Trinajstić information content (AvgIpc) is 2.56. The molecular formula is C19H22O2. The Kier molecular flexibility index (Phi) is 10.9. The van der Waals surface area contributed by atoms with Crippen LogP contribution in [0.3, 0.4) is 0 Å². The molecule has 0 N–H and O–H groups in total. The topological polar surface area (TPSA) is 26.3 Å². The molecule has 2 rings (SSSR count). The lowest BCUT2D eigenvalue weighted by Gasteiger charge is -1.85. The molecule has 0 saturated heterocycles. The van der Waals surface area contributed by atoms with Crippen LogP contribution in [0.25, 0.3) is 6.08 Å².